The van der Waals surface area contributed by atoms with E-state index in [2.05, 4.69) is 26.9 Å². The van der Waals surface area contributed by atoms with E-state index in [0.717, 1.165) is 0 Å². The molecule has 2 N–H and O–H groups in total. The standard InChI is InChI=1S/C15H17N5O2S2/c1-10(13(21)18-12-6-4-3-5-11(12)9-16)23-15-20-19-14(24-15)17-7-8-22-2/h3-6,10H,7-8H2,1-2H3,(H,17,19)(H,18,21)/t10-/m1/s1. The maximum atomic E-state index is 12.3. The van der Waals surface area contributed by atoms with E-state index in [1.54, 1.807) is 38.3 Å². The molecule has 0 saturated carbocycles. The molecule has 0 aliphatic carbocycles. The first-order valence-corrected chi connectivity index (χ1v) is 8.86. The van der Waals surface area contributed by atoms with E-state index in [-0.39, 0.29) is 11.2 Å². The van der Waals surface area contributed by atoms with E-state index in [1.165, 1.54) is 23.1 Å². The SMILES string of the molecule is COCCNc1nnc(S[C@H](C)C(=O)Nc2ccccc2C#N)s1. The summed E-state index contributed by atoms with van der Waals surface area (Å²) in [6.07, 6.45) is 0. The Morgan fingerprint density at radius 3 is 3.00 bits per heavy atom. The molecular weight excluding hydrogens is 346 g/mol. The first-order valence-electron chi connectivity index (χ1n) is 7.17. The third-order valence-corrected chi connectivity index (χ3v) is 5.01. The molecule has 0 saturated heterocycles. The number of hydrogen-bond donors (Lipinski definition) is 2. The van der Waals surface area contributed by atoms with Crippen LogP contribution >= 0.6 is 23.1 Å². The number of thioether (sulfide) groups is 1. The molecule has 2 aromatic rings. The number of methoxy groups -OCH3 is 1. The van der Waals surface area contributed by atoms with E-state index < -0.39 is 0 Å². The van der Waals surface area contributed by atoms with Gasteiger partial charge < -0.3 is 15.4 Å². The van der Waals surface area contributed by atoms with Crippen molar-refractivity contribution >= 4 is 39.8 Å². The Kier molecular flexibility index (Phi) is 6.99. The Balaban J connectivity index is 1.91. The minimum Gasteiger partial charge on any atom is -0.383 e. The number of carbonyl (C=O) groups excluding carboxylic acids is 1. The molecule has 1 heterocycles. The van der Waals surface area contributed by atoms with Crippen LogP contribution in [0.15, 0.2) is 28.6 Å². The van der Waals surface area contributed by atoms with E-state index in [9.17, 15) is 4.79 Å². The first kappa shape index (κ1) is 18.2. The number of nitriles is 1. The molecule has 1 aromatic carbocycles. The highest BCUT2D eigenvalue weighted by molar-refractivity contribution is 8.02. The number of nitrogens with zero attached hydrogens (tertiary/aromatic N) is 3. The first-order chi connectivity index (χ1) is 11.6. The quantitative estimate of drug-likeness (QED) is 0.549. The van der Waals surface area contributed by atoms with Crippen LogP contribution < -0.4 is 10.6 Å². The summed E-state index contributed by atoms with van der Waals surface area (Å²) in [6, 6.07) is 8.96. The fraction of sp³-hybridized carbons (Fsp3) is 0.333. The van der Waals surface area contributed by atoms with Crippen LogP contribution in [0.1, 0.15) is 12.5 Å². The summed E-state index contributed by atoms with van der Waals surface area (Å²) in [5, 5.41) is 23.3. The van der Waals surface area contributed by atoms with Gasteiger partial charge in [0.1, 0.15) is 6.07 Å². The number of aromatic nitrogens is 2. The van der Waals surface area contributed by atoms with Gasteiger partial charge in [-0.05, 0) is 19.1 Å². The van der Waals surface area contributed by atoms with Crippen LogP contribution in [-0.2, 0) is 9.53 Å². The van der Waals surface area contributed by atoms with Gasteiger partial charge in [0.15, 0.2) is 4.34 Å². The van der Waals surface area contributed by atoms with Crippen molar-refractivity contribution in [2.75, 3.05) is 30.9 Å². The lowest BCUT2D eigenvalue weighted by molar-refractivity contribution is -0.115. The summed E-state index contributed by atoms with van der Waals surface area (Å²) in [4.78, 5) is 12.3. The number of benzene rings is 1. The fourth-order valence-electron chi connectivity index (χ4n) is 1.72. The van der Waals surface area contributed by atoms with Gasteiger partial charge in [0.2, 0.25) is 11.0 Å². The van der Waals surface area contributed by atoms with Gasteiger partial charge in [-0.3, -0.25) is 4.79 Å². The number of amides is 1. The molecule has 0 bridgehead atoms. The number of hydrogen-bond acceptors (Lipinski definition) is 8. The Morgan fingerprint density at radius 2 is 2.25 bits per heavy atom. The summed E-state index contributed by atoms with van der Waals surface area (Å²) in [5.74, 6) is -0.188. The lowest BCUT2D eigenvalue weighted by atomic mass is 10.2. The monoisotopic (exact) mass is 363 g/mol. The highest BCUT2D eigenvalue weighted by atomic mass is 32.2. The van der Waals surface area contributed by atoms with Crippen molar-refractivity contribution < 1.29 is 9.53 Å². The molecular formula is C15H17N5O2S2. The third-order valence-electron chi connectivity index (χ3n) is 2.94. The smallest absolute Gasteiger partial charge is 0.237 e. The molecule has 0 aliphatic heterocycles. The summed E-state index contributed by atoms with van der Waals surface area (Å²) in [6.45, 7) is 3.02. The van der Waals surface area contributed by atoms with Gasteiger partial charge in [0.25, 0.3) is 0 Å². The third kappa shape index (κ3) is 5.19. The van der Waals surface area contributed by atoms with Crippen molar-refractivity contribution in [2.45, 2.75) is 16.5 Å². The molecule has 0 aliphatic rings. The van der Waals surface area contributed by atoms with Crippen LogP contribution in [-0.4, -0.2) is 41.6 Å². The topological polar surface area (TPSA) is 99.9 Å². The number of para-hydroxylation sites is 1. The number of rotatable bonds is 8. The number of nitrogens with one attached hydrogen (secondary N) is 2. The molecule has 0 unspecified atom stereocenters. The van der Waals surface area contributed by atoms with Crippen LogP contribution in [0.25, 0.3) is 0 Å². The van der Waals surface area contributed by atoms with Gasteiger partial charge in [-0.1, -0.05) is 35.2 Å². The Bertz CT molecular complexity index is 729. The van der Waals surface area contributed by atoms with Crippen LogP contribution in [0.4, 0.5) is 10.8 Å². The second kappa shape index (κ2) is 9.22. The van der Waals surface area contributed by atoms with Crippen molar-refractivity contribution in [1.29, 1.82) is 5.26 Å². The molecule has 2 rings (SSSR count). The van der Waals surface area contributed by atoms with Gasteiger partial charge in [-0.25, -0.2) is 0 Å². The van der Waals surface area contributed by atoms with Crippen molar-refractivity contribution in [3.63, 3.8) is 0 Å². The number of carbonyl (C=O) groups is 1. The maximum absolute atomic E-state index is 12.3. The van der Waals surface area contributed by atoms with Crippen molar-refractivity contribution in [2.24, 2.45) is 0 Å². The minimum atomic E-state index is -0.364. The van der Waals surface area contributed by atoms with Crippen LogP contribution in [0.2, 0.25) is 0 Å². The summed E-state index contributed by atoms with van der Waals surface area (Å²) in [5.41, 5.74) is 0.945. The molecule has 24 heavy (non-hydrogen) atoms. The molecule has 126 valence electrons. The van der Waals surface area contributed by atoms with E-state index in [0.29, 0.717) is 33.9 Å². The second-order valence-electron chi connectivity index (χ2n) is 4.70. The minimum absolute atomic E-state index is 0.188. The zero-order valence-corrected chi connectivity index (χ0v) is 14.9. The Labute approximate surface area is 148 Å². The van der Waals surface area contributed by atoms with Crippen LogP contribution in [0.5, 0.6) is 0 Å². The number of anilines is 2. The molecule has 0 spiro atoms. The van der Waals surface area contributed by atoms with Gasteiger partial charge in [-0.15, -0.1) is 10.2 Å². The average Bonchev–Trinajstić information content (AvgIpc) is 3.03. The highest BCUT2D eigenvalue weighted by Crippen LogP contribution is 2.29. The Morgan fingerprint density at radius 1 is 1.46 bits per heavy atom. The van der Waals surface area contributed by atoms with Crippen LogP contribution in [0, 0.1) is 11.3 Å². The molecule has 1 amide bonds. The molecule has 7 nitrogen and oxygen atoms in total. The molecule has 0 fully saturated rings. The summed E-state index contributed by atoms with van der Waals surface area (Å²) < 4.78 is 5.65. The maximum Gasteiger partial charge on any atom is 0.237 e. The van der Waals surface area contributed by atoms with Crippen LogP contribution in [0.3, 0.4) is 0 Å². The fourth-order valence-corrected chi connectivity index (χ4v) is 3.64. The zero-order valence-electron chi connectivity index (χ0n) is 13.3. The molecule has 9 heteroatoms. The van der Waals surface area contributed by atoms with E-state index in [4.69, 9.17) is 10.00 Å². The lowest BCUT2D eigenvalue weighted by Gasteiger charge is -2.11. The highest BCUT2D eigenvalue weighted by Gasteiger charge is 2.18. The van der Waals surface area contributed by atoms with Crippen molar-refractivity contribution in [3.8, 4) is 6.07 Å². The van der Waals surface area contributed by atoms with Gasteiger partial charge in [0, 0.05) is 13.7 Å². The Hall–Kier alpha value is -2.15. The molecule has 1 atom stereocenters. The molecule has 1 aromatic heterocycles. The van der Waals surface area contributed by atoms with Crippen molar-refractivity contribution in [1.82, 2.24) is 10.2 Å². The van der Waals surface area contributed by atoms with Crippen molar-refractivity contribution in [3.05, 3.63) is 29.8 Å². The largest absolute Gasteiger partial charge is 0.383 e. The predicted octanol–water partition coefficient (Wildman–Crippen LogP) is 2.59. The van der Waals surface area contributed by atoms with Gasteiger partial charge in [-0.2, -0.15) is 5.26 Å². The average molecular weight is 363 g/mol. The lowest BCUT2D eigenvalue weighted by Crippen LogP contribution is -2.22. The second-order valence-corrected chi connectivity index (χ2v) is 7.26. The zero-order chi connectivity index (χ0) is 17.4. The van der Waals surface area contributed by atoms with E-state index in [1.807, 2.05) is 0 Å². The van der Waals surface area contributed by atoms with Gasteiger partial charge >= 0.3 is 0 Å². The number of ether oxygens (including phenoxy) is 1. The predicted molar refractivity (Wildman–Crippen MR) is 95.4 cm³/mol. The summed E-state index contributed by atoms with van der Waals surface area (Å²) >= 11 is 2.71. The van der Waals surface area contributed by atoms with E-state index >= 15 is 0 Å². The van der Waals surface area contributed by atoms with Gasteiger partial charge in [0.05, 0.1) is 23.1 Å². The molecule has 0 radical (unpaired) electrons. The normalized spacial score (nSPS) is 11.5. The summed E-state index contributed by atoms with van der Waals surface area (Å²) in [7, 11) is 1.63.